The first kappa shape index (κ1) is 10.1. The number of aromatic nitrogens is 1. The van der Waals surface area contributed by atoms with Gasteiger partial charge in [0.25, 0.3) is 5.91 Å². The summed E-state index contributed by atoms with van der Waals surface area (Å²) in [5.74, 6) is 0.685. The highest BCUT2D eigenvalue weighted by molar-refractivity contribution is 5.96. The van der Waals surface area contributed by atoms with E-state index in [0.717, 1.165) is 18.6 Å². The van der Waals surface area contributed by atoms with Gasteiger partial charge in [-0.05, 0) is 12.8 Å². The number of likely N-dealkylation sites (tertiary alicyclic amines) is 1. The number of carbonyl (C=O) groups is 2. The number of carbonyl (C=O) groups excluding carboxylic acids is 2. The molecule has 6 heteroatoms. The number of amides is 1. The van der Waals surface area contributed by atoms with E-state index >= 15 is 0 Å². The Morgan fingerprint density at radius 1 is 1.44 bits per heavy atom. The molecular formula is C12H12N2O4. The van der Waals surface area contributed by atoms with Crippen LogP contribution in [0.1, 0.15) is 41.4 Å². The summed E-state index contributed by atoms with van der Waals surface area (Å²) < 4.78 is 10.2. The Morgan fingerprint density at radius 2 is 2.28 bits per heavy atom. The van der Waals surface area contributed by atoms with Crippen LogP contribution in [-0.4, -0.2) is 40.6 Å². The normalized spacial score (nSPS) is 29.8. The van der Waals surface area contributed by atoms with E-state index in [1.54, 1.807) is 11.0 Å². The number of hydrogen-bond donors (Lipinski definition) is 0. The summed E-state index contributed by atoms with van der Waals surface area (Å²) in [5, 5.41) is 3.81. The van der Waals surface area contributed by atoms with Gasteiger partial charge in [-0.15, -0.1) is 0 Å². The molecule has 2 aliphatic heterocycles. The van der Waals surface area contributed by atoms with Gasteiger partial charge in [-0.2, -0.15) is 0 Å². The second-order valence-corrected chi connectivity index (χ2v) is 5.16. The second-order valence-electron chi connectivity index (χ2n) is 5.16. The van der Waals surface area contributed by atoms with Gasteiger partial charge in [0.15, 0.2) is 5.69 Å². The molecule has 2 atom stereocenters. The van der Waals surface area contributed by atoms with Crippen molar-refractivity contribution in [2.75, 3.05) is 6.54 Å². The number of rotatable bonds is 2. The molecule has 2 bridgehead atoms. The van der Waals surface area contributed by atoms with Crippen LogP contribution in [-0.2, 0) is 9.53 Å². The molecule has 0 aromatic carbocycles. The molecule has 3 heterocycles. The fourth-order valence-electron chi connectivity index (χ4n) is 2.67. The second kappa shape index (κ2) is 3.34. The fourth-order valence-corrected chi connectivity index (χ4v) is 2.67. The molecule has 1 aromatic rings. The number of fused-ring (bicyclic) bond motifs is 2. The third-order valence-electron chi connectivity index (χ3n) is 3.81. The van der Waals surface area contributed by atoms with Gasteiger partial charge in [-0.3, -0.25) is 4.79 Å². The number of morpholine rings is 1. The van der Waals surface area contributed by atoms with E-state index in [9.17, 15) is 9.59 Å². The molecule has 0 unspecified atom stereocenters. The van der Waals surface area contributed by atoms with Crippen molar-refractivity contribution in [3.8, 4) is 0 Å². The maximum absolute atomic E-state index is 12.2. The van der Waals surface area contributed by atoms with Crippen molar-refractivity contribution in [1.29, 1.82) is 0 Å². The number of ether oxygens (including phenoxy) is 1. The van der Waals surface area contributed by atoms with Crippen molar-refractivity contribution < 1.29 is 18.8 Å². The Balaban J connectivity index is 1.57. The molecule has 94 valence electrons. The van der Waals surface area contributed by atoms with E-state index in [1.165, 1.54) is 0 Å². The highest BCUT2D eigenvalue weighted by Gasteiger charge is 2.49. The number of esters is 1. The molecule has 0 radical (unpaired) electrons. The summed E-state index contributed by atoms with van der Waals surface area (Å²) in [6, 6.07) is 1.28. The minimum atomic E-state index is -0.427. The van der Waals surface area contributed by atoms with Gasteiger partial charge in [0.2, 0.25) is 0 Å². The standard InChI is InChI=1S/C12H12N2O4/c15-11(8-4-10(18-13-8)6-1-2-6)14-5-7-3-9(14)12(16)17-7/h4,6-7,9H,1-3,5H2/t7-,9+/m0/s1. The molecule has 3 aliphatic rings. The van der Waals surface area contributed by atoms with Crippen molar-refractivity contribution in [3.05, 3.63) is 17.5 Å². The quantitative estimate of drug-likeness (QED) is 0.720. The zero-order valence-corrected chi connectivity index (χ0v) is 9.67. The van der Waals surface area contributed by atoms with Crippen molar-refractivity contribution >= 4 is 11.9 Å². The first-order valence-corrected chi connectivity index (χ1v) is 6.20. The van der Waals surface area contributed by atoms with Gasteiger partial charge >= 0.3 is 5.97 Å². The van der Waals surface area contributed by atoms with E-state index in [1.807, 2.05) is 0 Å². The highest BCUT2D eigenvalue weighted by Crippen LogP contribution is 2.40. The average molecular weight is 248 g/mol. The van der Waals surface area contributed by atoms with Crippen molar-refractivity contribution in [1.82, 2.24) is 10.1 Å². The van der Waals surface area contributed by atoms with Gasteiger partial charge in [0, 0.05) is 18.4 Å². The average Bonchev–Trinajstić information content (AvgIpc) is 2.83. The minimum absolute atomic E-state index is 0.138. The Hall–Kier alpha value is -1.85. The van der Waals surface area contributed by atoms with Crippen LogP contribution < -0.4 is 0 Å². The van der Waals surface area contributed by atoms with E-state index in [-0.39, 0.29) is 18.0 Å². The van der Waals surface area contributed by atoms with E-state index in [0.29, 0.717) is 24.6 Å². The molecule has 1 saturated carbocycles. The molecule has 6 nitrogen and oxygen atoms in total. The maximum atomic E-state index is 12.2. The third kappa shape index (κ3) is 1.38. The summed E-state index contributed by atoms with van der Waals surface area (Å²) in [7, 11) is 0. The molecule has 1 aromatic heterocycles. The SMILES string of the molecule is O=C1O[C@H]2C[C@H]1N(C(=O)c1cc(C3CC3)on1)C2. The van der Waals surface area contributed by atoms with Crippen LogP contribution in [0.25, 0.3) is 0 Å². The lowest BCUT2D eigenvalue weighted by Crippen LogP contribution is -2.44. The smallest absolute Gasteiger partial charge is 0.329 e. The number of hydrogen-bond acceptors (Lipinski definition) is 5. The van der Waals surface area contributed by atoms with Crippen LogP contribution in [0.15, 0.2) is 10.6 Å². The molecule has 1 amide bonds. The van der Waals surface area contributed by atoms with Gasteiger partial charge in [-0.25, -0.2) is 4.79 Å². The summed E-state index contributed by atoms with van der Waals surface area (Å²) in [6.45, 7) is 0.473. The van der Waals surface area contributed by atoms with Crippen LogP contribution in [0.3, 0.4) is 0 Å². The largest absolute Gasteiger partial charge is 0.459 e. The van der Waals surface area contributed by atoms with Crippen LogP contribution in [0.2, 0.25) is 0 Å². The Bertz CT molecular complexity index is 534. The predicted octanol–water partition coefficient (Wildman–Crippen LogP) is 0.692. The molecule has 3 fully saturated rings. The molecular weight excluding hydrogens is 236 g/mol. The van der Waals surface area contributed by atoms with Gasteiger partial charge < -0.3 is 14.2 Å². The highest BCUT2D eigenvalue weighted by atomic mass is 16.6. The maximum Gasteiger partial charge on any atom is 0.329 e. The van der Waals surface area contributed by atoms with Crippen LogP contribution in [0, 0.1) is 0 Å². The molecule has 0 N–H and O–H groups in total. The molecule has 4 rings (SSSR count). The lowest BCUT2D eigenvalue weighted by atomic mass is 10.2. The Kier molecular flexibility index (Phi) is 1.87. The van der Waals surface area contributed by atoms with E-state index in [4.69, 9.17) is 9.26 Å². The predicted molar refractivity (Wildman–Crippen MR) is 57.8 cm³/mol. The lowest BCUT2D eigenvalue weighted by molar-refractivity contribution is -0.149. The topological polar surface area (TPSA) is 72.6 Å². The van der Waals surface area contributed by atoms with Crippen LogP contribution >= 0.6 is 0 Å². The monoisotopic (exact) mass is 248 g/mol. The van der Waals surface area contributed by atoms with E-state index < -0.39 is 6.04 Å². The molecule has 18 heavy (non-hydrogen) atoms. The first-order chi connectivity index (χ1) is 8.72. The van der Waals surface area contributed by atoms with Gasteiger partial charge in [0.1, 0.15) is 17.9 Å². The van der Waals surface area contributed by atoms with Crippen LogP contribution in [0.4, 0.5) is 0 Å². The summed E-state index contributed by atoms with van der Waals surface area (Å²) in [4.78, 5) is 25.2. The summed E-state index contributed by atoms with van der Waals surface area (Å²) in [5.41, 5.74) is 0.303. The van der Waals surface area contributed by atoms with Gasteiger partial charge in [-0.1, -0.05) is 5.16 Å². The Labute approximate surface area is 103 Å². The third-order valence-corrected chi connectivity index (χ3v) is 3.81. The fraction of sp³-hybridized carbons (Fsp3) is 0.583. The van der Waals surface area contributed by atoms with Crippen molar-refractivity contribution in [2.24, 2.45) is 0 Å². The van der Waals surface area contributed by atoms with Crippen LogP contribution in [0.5, 0.6) is 0 Å². The minimum Gasteiger partial charge on any atom is -0.459 e. The zero-order chi connectivity index (χ0) is 12.3. The van der Waals surface area contributed by atoms with E-state index in [2.05, 4.69) is 5.16 Å². The summed E-state index contributed by atoms with van der Waals surface area (Å²) in [6.07, 6.45) is 2.67. The Morgan fingerprint density at radius 3 is 2.94 bits per heavy atom. The first-order valence-electron chi connectivity index (χ1n) is 6.20. The van der Waals surface area contributed by atoms with Crippen molar-refractivity contribution in [2.45, 2.75) is 37.3 Å². The number of nitrogens with zero attached hydrogens (tertiary/aromatic N) is 2. The summed E-state index contributed by atoms with van der Waals surface area (Å²) >= 11 is 0. The van der Waals surface area contributed by atoms with Crippen molar-refractivity contribution in [3.63, 3.8) is 0 Å². The van der Waals surface area contributed by atoms with Gasteiger partial charge in [0.05, 0.1) is 6.54 Å². The lowest BCUT2D eigenvalue weighted by Gasteiger charge is -2.24. The molecule has 0 spiro atoms. The molecule has 1 aliphatic carbocycles. The zero-order valence-electron chi connectivity index (χ0n) is 9.67. The molecule has 2 saturated heterocycles.